The molecule has 0 radical (unpaired) electrons. The molecule has 1 aliphatic heterocycles. The molecule has 1 N–H and O–H groups in total. The molecule has 18 heavy (non-hydrogen) atoms. The van der Waals surface area contributed by atoms with E-state index in [0.717, 1.165) is 18.1 Å². The average Bonchev–Trinajstić information content (AvgIpc) is 2.76. The molecule has 0 amide bonds. The standard InChI is InChI=1S/C15H23ClN2/c1-11(2)17-13-8-9-18(10-13)12(3)14-6-4-5-7-15(14)16/h4-7,11-13,17H,8-10H2,1-3H3. The van der Waals surface area contributed by atoms with Crippen LogP contribution in [0.4, 0.5) is 0 Å². The van der Waals surface area contributed by atoms with Crippen LogP contribution < -0.4 is 5.32 Å². The number of halogens is 1. The second-order valence-corrected chi connectivity index (χ2v) is 5.91. The Kier molecular flexibility index (Phi) is 4.66. The van der Waals surface area contributed by atoms with Crippen LogP contribution in [0.25, 0.3) is 0 Å². The highest BCUT2D eigenvalue weighted by molar-refractivity contribution is 6.31. The molecule has 0 spiro atoms. The minimum Gasteiger partial charge on any atom is -0.310 e. The van der Waals surface area contributed by atoms with E-state index in [9.17, 15) is 0 Å². The summed E-state index contributed by atoms with van der Waals surface area (Å²) in [7, 11) is 0. The molecule has 3 heteroatoms. The Morgan fingerprint density at radius 1 is 1.28 bits per heavy atom. The monoisotopic (exact) mass is 266 g/mol. The van der Waals surface area contributed by atoms with Gasteiger partial charge < -0.3 is 5.32 Å². The van der Waals surface area contributed by atoms with Crippen molar-refractivity contribution in [3.8, 4) is 0 Å². The highest BCUT2D eigenvalue weighted by atomic mass is 35.5. The second-order valence-electron chi connectivity index (χ2n) is 5.50. The summed E-state index contributed by atoms with van der Waals surface area (Å²) in [5, 5.41) is 4.50. The Morgan fingerprint density at radius 2 is 2.00 bits per heavy atom. The molecule has 1 fully saturated rings. The van der Waals surface area contributed by atoms with Gasteiger partial charge in [0.15, 0.2) is 0 Å². The molecule has 1 aromatic rings. The van der Waals surface area contributed by atoms with Crippen LogP contribution in [0.2, 0.25) is 5.02 Å². The lowest BCUT2D eigenvalue weighted by Crippen LogP contribution is -2.37. The molecule has 1 aliphatic rings. The zero-order valence-corrected chi connectivity index (χ0v) is 12.2. The van der Waals surface area contributed by atoms with Gasteiger partial charge in [0.2, 0.25) is 0 Å². The van der Waals surface area contributed by atoms with Crippen molar-refractivity contribution < 1.29 is 0 Å². The Morgan fingerprint density at radius 3 is 2.67 bits per heavy atom. The van der Waals surface area contributed by atoms with Gasteiger partial charge in [-0.3, -0.25) is 4.90 Å². The Bertz CT molecular complexity index is 392. The third-order valence-electron chi connectivity index (χ3n) is 3.69. The molecular weight excluding hydrogens is 244 g/mol. The first-order valence-corrected chi connectivity index (χ1v) is 7.20. The zero-order valence-electron chi connectivity index (χ0n) is 11.5. The van der Waals surface area contributed by atoms with E-state index < -0.39 is 0 Å². The lowest BCUT2D eigenvalue weighted by molar-refractivity contribution is 0.254. The first-order chi connectivity index (χ1) is 8.58. The van der Waals surface area contributed by atoms with Crippen molar-refractivity contribution in [1.82, 2.24) is 10.2 Å². The van der Waals surface area contributed by atoms with Crippen LogP contribution in [-0.4, -0.2) is 30.1 Å². The molecule has 1 heterocycles. The molecule has 0 saturated carbocycles. The first kappa shape index (κ1) is 13.9. The van der Waals surface area contributed by atoms with Crippen molar-refractivity contribution in [2.75, 3.05) is 13.1 Å². The van der Waals surface area contributed by atoms with E-state index in [0.29, 0.717) is 18.1 Å². The third kappa shape index (κ3) is 3.25. The summed E-state index contributed by atoms with van der Waals surface area (Å²) in [5.74, 6) is 0. The van der Waals surface area contributed by atoms with E-state index in [2.05, 4.69) is 43.1 Å². The zero-order chi connectivity index (χ0) is 13.1. The molecule has 1 aromatic carbocycles. The Balaban J connectivity index is 1.99. The van der Waals surface area contributed by atoms with Crippen LogP contribution in [0.5, 0.6) is 0 Å². The fourth-order valence-electron chi connectivity index (χ4n) is 2.76. The molecule has 0 aliphatic carbocycles. The molecule has 0 bridgehead atoms. The number of nitrogens with one attached hydrogen (secondary N) is 1. The second kappa shape index (κ2) is 6.05. The number of benzene rings is 1. The van der Waals surface area contributed by atoms with Crippen molar-refractivity contribution >= 4 is 11.6 Å². The van der Waals surface area contributed by atoms with Gasteiger partial charge >= 0.3 is 0 Å². The maximum absolute atomic E-state index is 6.28. The maximum Gasteiger partial charge on any atom is 0.0453 e. The van der Waals surface area contributed by atoms with Crippen LogP contribution in [-0.2, 0) is 0 Å². The van der Waals surface area contributed by atoms with Crippen molar-refractivity contribution in [2.45, 2.75) is 45.3 Å². The number of likely N-dealkylation sites (tertiary alicyclic amines) is 1. The lowest BCUT2D eigenvalue weighted by Gasteiger charge is -2.26. The van der Waals surface area contributed by atoms with Crippen LogP contribution in [0, 0.1) is 0 Å². The van der Waals surface area contributed by atoms with Gasteiger partial charge in [0, 0.05) is 36.2 Å². The Labute approximate surface area is 115 Å². The molecule has 2 rings (SSSR count). The van der Waals surface area contributed by atoms with E-state index in [-0.39, 0.29) is 0 Å². The van der Waals surface area contributed by atoms with Crippen LogP contribution in [0.3, 0.4) is 0 Å². The fraction of sp³-hybridized carbons (Fsp3) is 0.600. The van der Waals surface area contributed by atoms with Crippen LogP contribution in [0.15, 0.2) is 24.3 Å². The van der Waals surface area contributed by atoms with Crippen molar-refractivity contribution in [2.24, 2.45) is 0 Å². The minimum absolute atomic E-state index is 0.401. The number of rotatable bonds is 4. The normalized spacial score (nSPS) is 22.6. The van der Waals surface area contributed by atoms with Gasteiger partial charge in [-0.15, -0.1) is 0 Å². The summed E-state index contributed by atoms with van der Waals surface area (Å²) >= 11 is 6.28. The van der Waals surface area contributed by atoms with Crippen molar-refractivity contribution in [3.05, 3.63) is 34.9 Å². The molecular formula is C15H23ClN2. The lowest BCUT2D eigenvalue weighted by atomic mass is 10.1. The fourth-order valence-corrected chi connectivity index (χ4v) is 3.05. The summed E-state index contributed by atoms with van der Waals surface area (Å²) in [6.45, 7) is 8.93. The van der Waals surface area contributed by atoms with Crippen LogP contribution >= 0.6 is 11.6 Å². The molecule has 1 saturated heterocycles. The maximum atomic E-state index is 6.28. The van der Waals surface area contributed by atoms with Crippen LogP contribution in [0.1, 0.15) is 38.8 Å². The molecule has 0 aromatic heterocycles. The topological polar surface area (TPSA) is 15.3 Å². The van der Waals surface area contributed by atoms with E-state index >= 15 is 0 Å². The quantitative estimate of drug-likeness (QED) is 0.898. The molecule has 2 nitrogen and oxygen atoms in total. The number of hydrogen-bond acceptors (Lipinski definition) is 2. The Hall–Kier alpha value is -0.570. The van der Waals surface area contributed by atoms with Crippen molar-refractivity contribution in [3.63, 3.8) is 0 Å². The summed E-state index contributed by atoms with van der Waals surface area (Å²) < 4.78 is 0. The van der Waals surface area contributed by atoms with Gasteiger partial charge in [0.05, 0.1) is 0 Å². The summed E-state index contributed by atoms with van der Waals surface area (Å²) in [6, 6.07) is 9.76. The van der Waals surface area contributed by atoms with Gasteiger partial charge in [-0.2, -0.15) is 0 Å². The van der Waals surface area contributed by atoms with Gasteiger partial charge in [-0.05, 0) is 25.0 Å². The van der Waals surface area contributed by atoms with Gasteiger partial charge in [-0.1, -0.05) is 43.6 Å². The van der Waals surface area contributed by atoms with E-state index in [4.69, 9.17) is 11.6 Å². The molecule has 2 atom stereocenters. The van der Waals surface area contributed by atoms with Crippen molar-refractivity contribution in [1.29, 1.82) is 0 Å². The average molecular weight is 267 g/mol. The summed E-state index contributed by atoms with van der Waals surface area (Å²) in [5.41, 5.74) is 1.24. The summed E-state index contributed by atoms with van der Waals surface area (Å²) in [6.07, 6.45) is 1.23. The number of hydrogen-bond donors (Lipinski definition) is 1. The SMILES string of the molecule is CC(C)NC1CCN(C(C)c2ccccc2Cl)C1. The minimum atomic E-state index is 0.401. The summed E-state index contributed by atoms with van der Waals surface area (Å²) in [4.78, 5) is 2.52. The van der Waals surface area contributed by atoms with Gasteiger partial charge in [0.25, 0.3) is 0 Å². The molecule has 100 valence electrons. The predicted molar refractivity (Wildman–Crippen MR) is 78.1 cm³/mol. The van der Waals surface area contributed by atoms with Gasteiger partial charge in [-0.25, -0.2) is 0 Å². The van der Waals surface area contributed by atoms with E-state index in [1.165, 1.54) is 12.0 Å². The van der Waals surface area contributed by atoms with E-state index in [1.54, 1.807) is 0 Å². The predicted octanol–water partition coefficient (Wildman–Crippen LogP) is 3.47. The first-order valence-electron chi connectivity index (χ1n) is 6.82. The highest BCUT2D eigenvalue weighted by Crippen LogP contribution is 2.29. The third-order valence-corrected chi connectivity index (χ3v) is 4.04. The molecule has 2 unspecified atom stereocenters. The smallest absolute Gasteiger partial charge is 0.0453 e. The number of nitrogens with zero attached hydrogens (tertiary/aromatic N) is 1. The highest BCUT2D eigenvalue weighted by Gasteiger charge is 2.27. The largest absolute Gasteiger partial charge is 0.310 e. The van der Waals surface area contributed by atoms with E-state index in [1.807, 2.05) is 12.1 Å². The van der Waals surface area contributed by atoms with Gasteiger partial charge in [0.1, 0.15) is 0 Å².